The molecule has 0 aromatic carbocycles. The molecule has 0 bridgehead atoms. The molecule has 3 fully saturated rings. The topological polar surface area (TPSA) is 73.0 Å². The summed E-state index contributed by atoms with van der Waals surface area (Å²) < 4.78 is 28.9. The summed E-state index contributed by atoms with van der Waals surface area (Å²) in [6, 6.07) is 0.208. The number of nitrogens with zero attached hydrogens (tertiary/aromatic N) is 3. The van der Waals surface area contributed by atoms with Crippen LogP contribution >= 0.6 is 0 Å². The molecule has 2 atom stereocenters. The molecule has 0 aromatic rings. The van der Waals surface area contributed by atoms with Crippen LogP contribution in [0.4, 0.5) is 0 Å². The summed E-state index contributed by atoms with van der Waals surface area (Å²) in [5.74, 6) is 0.217. The standard InChI is InChI=1S/C17H32N4O3S/c1-15-16(7-6-8-18-15)17(22)19-11-13-21(14-12-19)25(23,24)20-9-4-2-3-5-10-20/h15-16,18H,2-14H2,1H3. The van der Waals surface area contributed by atoms with Gasteiger partial charge in [-0.2, -0.15) is 17.0 Å². The largest absolute Gasteiger partial charge is 0.340 e. The van der Waals surface area contributed by atoms with Gasteiger partial charge in [-0.15, -0.1) is 0 Å². The lowest BCUT2D eigenvalue weighted by atomic mass is 9.90. The lowest BCUT2D eigenvalue weighted by molar-refractivity contribution is -0.138. The molecule has 0 spiro atoms. The Morgan fingerprint density at radius 2 is 1.48 bits per heavy atom. The van der Waals surface area contributed by atoms with Gasteiger partial charge in [-0.25, -0.2) is 0 Å². The van der Waals surface area contributed by atoms with Crippen molar-refractivity contribution >= 4 is 16.1 Å². The molecule has 0 aromatic heterocycles. The molecule has 3 saturated heterocycles. The number of piperidine rings is 1. The first-order chi connectivity index (χ1) is 12.0. The summed E-state index contributed by atoms with van der Waals surface area (Å²) in [7, 11) is -3.38. The summed E-state index contributed by atoms with van der Waals surface area (Å²) in [4.78, 5) is 14.6. The molecule has 3 rings (SSSR count). The second kappa shape index (κ2) is 8.33. The highest BCUT2D eigenvalue weighted by atomic mass is 32.2. The van der Waals surface area contributed by atoms with Crippen LogP contribution in [0, 0.1) is 5.92 Å². The Hall–Kier alpha value is -0.700. The van der Waals surface area contributed by atoms with Crippen LogP contribution in [0.25, 0.3) is 0 Å². The van der Waals surface area contributed by atoms with Gasteiger partial charge in [0.1, 0.15) is 0 Å². The second-order valence-corrected chi connectivity index (χ2v) is 9.47. The van der Waals surface area contributed by atoms with E-state index in [1.807, 2.05) is 4.90 Å². The first-order valence-electron chi connectivity index (χ1n) is 9.77. The molecule has 8 heteroatoms. The molecule has 1 amide bonds. The number of carbonyl (C=O) groups excluding carboxylic acids is 1. The summed E-state index contributed by atoms with van der Waals surface area (Å²) in [6.07, 6.45) is 6.08. The Balaban J connectivity index is 1.56. The maximum Gasteiger partial charge on any atom is 0.282 e. The lowest BCUT2D eigenvalue weighted by Crippen LogP contribution is -2.57. The zero-order valence-corrected chi connectivity index (χ0v) is 16.1. The van der Waals surface area contributed by atoms with Crippen molar-refractivity contribution in [3.8, 4) is 0 Å². The molecule has 25 heavy (non-hydrogen) atoms. The average molecular weight is 373 g/mol. The predicted octanol–water partition coefficient (Wildman–Crippen LogP) is 0.640. The van der Waals surface area contributed by atoms with Crippen LogP contribution in [0.15, 0.2) is 0 Å². The molecular weight excluding hydrogens is 340 g/mol. The van der Waals surface area contributed by atoms with E-state index in [2.05, 4.69) is 12.2 Å². The number of hydrogen-bond donors (Lipinski definition) is 1. The Morgan fingerprint density at radius 1 is 0.880 bits per heavy atom. The van der Waals surface area contributed by atoms with Gasteiger partial charge in [-0.3, -0.25) is 4.79 Å². The van der Waals surface area contributed by atoms with Crippen LogP contribution in [0.1, 0.15) is 45.4 Å². The molecule has 144 valence electrons. The van der Waals surface area contributed by atoms with Crippen LogP contribution in [0.5, 0.6) is 0 Å². The quantitative estimate of drug-likeness (QED) is 0.789. The van der Waals surface area contributed by atoms with Gasteiger partial charge in [-0.1, -0.05) is 12.8 Å². The van der Waals surface area contributed by atoms with Crippen molar-refractivity contribution in [2.45, 2.75) is 51.5 Å². The van der Waals surface area contributed by atoms with Gasteiger partial charge in [0.25, 0.3) is 10.2 Å². The van der Waals surface area contributed by atoms with Crippen LogP contribution < -0.4 is 5.32 Å². The van der Waals surface area contributed by atoms with E-state index >= 15 is 0 Å². The Labute approximate surface area is 151 Å². The normalized spacial score (nSPS) is 30.8. The molecule has 3 heterocycles. The summed E-state index contributed by atoms with van der Waals surface area (Å²) in [5, 5.41) is 3.37. The lowest BCUT2D eigenvalue weighted by Gasteiger charge is -2.39. The maximum atomic E-state index is 12.9. The van der Waals surface area contributed by atoms with Crippen LogP contribution in [0.2, 0.25) is 0 Å². The van der Waals surface area contributed by atoms with Crippen molar-refractivity contribution in [2.24, 2.45) is 5.92 Å². The van der Waals surface area contributed by atoms with Crippen LogP contribution in [0.3, 0.4) is 0 Å². The van der Waals surface area contributed by atoms with Gasteiger partial charge >= 0.3 is 0 Å². The van der Waals surface area contributed by atoms with Gasteiger partial charge in [0.15, 0.2) is 0 Å². The highest BCUT2D eigenvalue weighted by Crippen LogP contribution is 2.22. The average Bonchev–Trinajstić information content (AvgIpc) is 2.92. The van der Waals surface area contributed by atoms with Gasteiger partial charge in [-0.05, 0) is 39.2 Å². The highest BCUT2D eigenvalue weighted by Gasteiger charge is 2.36. The summed E-state index contributed by atoms with van der Waals surface area (Å²) in [5.41, 5.74) is 0. The van der Waals surface area contributed by atoms with E-state index in [9.17, 15) is 13.2 Å². The molecule has 3 aliphatic rings. The zero-order chi connectivity index (χ0) is 17.9. The number of nitrogens with one attached hydrogen (secondary N) is 1. The van der Waals surface area contributed by atoms with Crippen molar-refractivity contribution in [3.05, 3.63) is 0 Å². The fraction of sp³-hybridized carbons (Fsp3) is 0.941. The molecular formula is C17H32N4O3S. The molecule has 1 N–H and O–H groups in total. The van der Waals surface area contributed by atoms with Gasteiger partial charge < -0.3 is 10.2 Å². The first-order valence-corrected chi connectivity index (χ1v) is 11.2. The van der Waals surface area contributed by atoms with Crippen molar-refractivity contribution < 1.29 is 13.2 Å². The number of hydrogen-bond acceptors (Lipinski definition) is 4. The molecule has 0 aliphatic carbocycles. The Kier molecular flexibility index (Phi) is 6.35. The van der Waals surface area contributed by atoms with E-state index in [1.54, 1.807) is 8.61 Å². The van der Waals surface area contributed by atoms with Crippen LogP contribution in [-0.4, -0.2) is 79.7 Å². The number of piperazine rings is 1. The predicted molar refractivity (Wildman–Crippen MR) is 97.3 cm³/mol. The fourth-order valence-electron chi connectivity index (χ4n) is 4.19. The molecule has 2 unspecified atom stereocenters. The summed E-state index contributed by atoms with van der Waals surface area (Å²) >= 11 is 0. The minimum absolute atomic E-state index is 0.0301. The highest BCUT2D eigenvalue weighted by molar-refractivity contribution is 7.86. The number of carbonyl (C=O) groups is 1. The van der Waals surface area contributed by atoms with Crippen molar-refractivity contribution in [1.29, 1.82) is 0 Å². The van der Waals surface area contributed by atoms with Gasteiger partial charge in [0.2, 0.25) is 5.91 Å². The number of rotatable bonds is 3. The second-order valence-electron chi connectivity index (χ2n) is 7.54. The number of amides is 1. The van der Waals surface area contributed by atoms with Crippen molar-refractivity contribution in [2.75, 3.05) is 45.8 Å². The maximum absolute atomic E-state index is 12.9. The SMILES string of the molecule is CC1NCCCC1C(=O)N1CCN(S(=O)(=O)N2CCCCCC2)CC1. The van der Waals surface area contributed by atoms with E-state index in [0.29, 0.717) is 39.3 Å². The molecule has 0 saturated carbocycles. The fourth-order valence-corrected chi connectivity index (χ4v) is 5.86. The Morgan fingerprint density at radius 3 is 2.08 bits per heavy atom. The smallest absolute Gasteiger partial charge is 0.282 e. The van der Waals surface area contributed by atoms with E-state index in [-0.39, 0.29) is 17.9 Å². The summed E-state index contributed by atoms with van der Waals surface area (Å²) in [6.45, 7) is 6.16. The van der Waals surface area contributed by atoms with Gasteiger partial charge in [0, 0.05) is 45.3 Å². The van der Waals surface area contributed by atoms with E-state index in [1.165, 1.54) is 0 Å². The van der Waals surface area contributed by atoms with Crippen LogP contribution in [-0.2, 0) is 15.0 Å². The van der Waals surface area contributed by atoms with E-state index in [4.69, 9.17) is 0 Å². The monoisotopic (exact) mass is 372 g/mol. The third kappa shape index (κ3) is 4.35. The van der Waals surface area contributed by atoms with Crippen molar-refractivity contribution in [3.63, 3.8) is 0 Å². The third-order valence-electron chi connectivity index (χ3n) is 5.85. The minimum Gasteiger partial charge on any atom is -0.340 e. The third-order valence-corrected chi connectivity index (χ3v) is 7.88. The molecule has 3 aliphatic heterocycles. The van der Waals surface area contributed by atoms with E-state index < -0.39 is 10.2 Å². The minimum atomic E-state index is -3.38. The first kappa shape index (κ1) is 19.1. The molecule has 7 nitrogen and oxygen atoms in total. The van der Waals surface area contributed by atoms with E-state index in [0.717, 1.165) is 45.1 Å². The Bertz CT molecular complexity index is 552. The van der Waals surface area contributed by atoms with Gasteiger partial charge in [0.05, 0.1) is 5.92 Å². The van der Waals surface area contributed by atoms with Crippen molar-refractivity contribution in [1.82, 2.24) is 18.8 Å². The molecule has 0 radical (unpaired) electrons. The zero-order valence-electron chi connectivity index (χ0n) is 15.3.